The van der Waals surface area contributed by atoms with Crippen molar-refractivity contribution in [2.24, 2.45) is 0 Å². The summed E-state index contributed by atoms with van der Waals surface area (Å²) in [5.41, 5.74) is 10.1. The van der Waals surface area contributed by atoms with Crippen LogP contribution in [-0.2, 0) is 0 Å². The lowest BCUT2D eigenvalue weighted by molar-refractivity contribution is 0.669. The van der Waals surface area contributed by atoms with Gasteiger partial charge in [0.25, 0.3) is 0 Å². The Hall–Kier alpha value is -6.78. The number of hydrogen-bond donors (Lipinski definition) is 0. The molecule has 3 aromatic heterocycles. The van der Waals surface area contributed by atoms with Gasteiger partial charge in [-0.1, -0.05) is 103 Å². The fourth-order valence-corrected chi connectivity index (χ4v) is 8.01. The van der Waals surface area contributed by atoms with Crippen LogP contribution in [0.4, 0.5) is 17.1 Å². The highest BCUT2D eigenvalue weighted by atomic mass is 16.3. The Morgan fingerprint density at radius 2 is 1.08 bits per heavy atom. The molecule has 0 spiro atoms. The first-order valence-electron chi connectivity index (χ1n) is 16.9. The van der Waals surface area contributed by atoms with Gasteiger partial charge in [-0.3, -0.25) is 0 Å². The van der Waals surface area contributed by atoms with Crippen LogP contribution in [0.1, 0.15) is 0 Å². The number of aromatic nitrogens is 1. The highest BCUT2D eigenvalue weighted by Gasteiger charge is 2.25. The summed E-state index contributed by atoms with van der Waals surface area (Å²) >= 11 is 0. The molecular formula is C46H28N2O2. The van der Waals surface area contributed by atoms with Crippen LogP contribution in [0.2, 0.25) is 0 Å². The van der Waals surface area contributed by atoms with E-state index >= 15 is 0 Å². The van der Waals surface area contributed by atoms with E-state index in [0.29, 0.717) is 0 Å². The molecule has 0 aliphatic carbocycles. The molecule has 4 heteroatoms. The van der Waals surface area contributed by atoms with Crippen molar-refractivity contribution < 1.29 is 8.83 Å². The van der Waals surface area contributed by atoms with E-state index in [1.165, 1.54) is 10.8 Å². The Balaban J connectivity index is 1.31. The average Bonchev–Trinajstić information content (AvgIpc) is 3.85. The summed E-state index contributed by atoms with van der Waals surface area (Å²) in [6.45, 7) is 0. The molecule has 0 radical (unpaired) electrons. The quantitative estimate of drug-likeness (QED) is 0.192. The summed E-state index contributed by atoms with van der Waals surface area (Å²) in [6, 6.07) is 60.1. The van der Waals surface area contributed by atoms with E-state index in [9.17, 15) is 0 Å². The zero-order chi connectivity index (χ0) is 32.8. The molecule has 0 atom stereocenters. The van der Waals surface area contributed by atoms with Crippen LogP contribution in [0, 0.1) is 0 Å². The lowest BCUT2D eigenvalue weighted by Crippen LogP contribution is -2.12. The lowest BCUT2D eigenvalue weighted by atomic mass is 10.0. The van der Waals surface area contributed by atoms with Gasteiger partial charge >= 0.3 is 0 Å². The summed E-state index contributed by atoms with van der Waals surface area (Å²) in [4.78, 5) is 2.41. The second-order valence-electron chi connectivity index (χ2n) is 12.9. The Morgan fingerprint density at radius 3 is 1.94 bits per heavy atom. The number of rotatable bonds is 4. The van der Waals surface area contributed by atoms with Gasteiger partial charge in [0.1, 0.15) is 22.3 Å². The Morgan fingerprint density at radius 1 is 0.420 bits per heavy atom. The lowest BCUT2D eigenvalue weighted by Gasteiger charge is -2.28. The third kappa shape index (κ3) is 3.81. The fourth-order valence-electron chi connectivity index (χ4n) is 8.01. The van der Waals surface area contributed by atoms with E-state index < -0.39 is 0 Å². The number of furan rings is 2. The van der Waals surface area contributed by atoms with Crippen LogP contribution < -0.4 is 4.90 Å². The third-order valence-corrected chi connectivity index (χ3v) is 10.2. The summed E-state index contributed by atoms with van der Waals surface area (Å²) in [6.07, 6.45) is 0. The van der Waals surface area contributed by atoms with Crippen molar-refractivity contribution >= 4 is 93.5 Å². The number of anilines is 3. The van der Waals surface area contributed by atoms with Crippen molar-refractivity contribution in [3.63, 3.8) is 0 Å². The van der Waals surface area contributed by atoms with Crippen LogP contribution in [-0.4, -0.2) is 4.57 Å². The SMILES string of the molecule is c1ccc(-n2c3ccccc3c3cccc(N(c4ccc5oc6ccccc6c5c4)c4cccc5ccc6c7ccccc7oc6c45)c32)cc1. The van der Waals surface area contributed by atoms with Gasteiger partial charge < -0.3 is 18.3 Å². The minimum atomic E-state index is 0.865. The van der Waals surface area contributed by atoms with Gasteiger partial charge in [-0.2, -0.15) is 0 Å². The molecule has 11 rings (SSSR count). The minimum absolute atomic E-state index is 0.865. The topological polar surface area (TPSA) is 34.5 Å². The normalized spacial score (nSPS) is 12.0. The largest absolute Gasteiger partial charge is 0.456 e. The molecule has 50 heavy (non-hydrogen) atoms. The molecule has 0 N–H and O–H groups in total. The molecule has 8 aromatic carbocycles. The maximum Gasteiger partial charge on any atom is 0.145 e. The second-order valence-corrected chi connectivity index (χ2v) is 12.9. The maximum atomic E-state index is 6.73. The Kier molecular flexibility index (Phi) is 5.63. The molecule has 0 bridgehead atoms. The molecule has 0 aliphatic rings. The van der Waals surface area contributed by atoms with Crippen LogP contribution in [0.15, 0.2) is 179 Å². The number of para-hydroxylation sites is 5. The fraction of sp³-hybridized carbons (Fsp3) is 0. The standard InChI is InChI=1S/C46H28N2O2/c1-2-13-30(14-3-1)48-38-19-7-4-15-32(38)35-18-11-21-40(45(35)48)47(31-25-27-43-37(28-31)34-17-6-8-22-41(34)49-43)39-20-10-12-29-24-26-36-33-16-5-9-23-42(33)50-46(36)44(29)39/h1-28H. The van der Waals surface area contributed by atoms with E-state index in [1.807, 2.05) is 18.2 Å². The van der Waals surface area contributed by atoms with Crippen LogP contribution >= 0.6 is 0 Å². The van der Waals surface area contributed by atoms with Gasteiger partial charge in [0.05, 0.1) is 22.4 Å². The predicted octanol–water partition coefficient (Wildman–Crippen LogP) is 13.2. The van der Waals surface area contributed by atoms with Crippen LogP contribution in [0.25, 0.3) is 82.1 Å². The molecule has 11 aromatic rings. The molecule has 0 aliphatic heterocycles. The minimum Gasteiger partial charge on any atom is -0.456 e. The number of benzene rings is 8. The first kappa shape index (κ1) is 27.2. The zero-order valence-electron chi connectivity index (χ0n) is 26.9. The molecule has 0 unspecified atom stereocenters. The number of nitrogens with zero attached hydrogens (tertiary/aromatic N) is 2. The number of hydrogen-bond acceptors (Lipinski definition) is 3. The first-order chi connectivity index (χ1) is 24.8. The van der Waals surface area contributed by atoms with Crippen molar-refractivity contribution in [2.75, 3.05) is 4.90 Å². The molecule has 0 saturated heterocycles. The molecule has 4 nitrogen and oxygen atoms in total. The Labute approximate surface area is 286 Å². The zero-order valence-corrected chi connectivity index (χ0v) is 26.9. The molecular weight excluding hydrogens is 613 g/mol. The van der Waals surface area contributed by atoms with E-state index in [1.54, 1.807) is 0 Å². The summed E-state index contributed by atoms with van der Waals surface area (Å²) in [7, 11) is 0. The molecule has 0 saturated carbocycles. The molecule has 3 heterocycles. The van der Waals surface area contributed by atoms with Gasteiger partial charge in [-0.05, 0) is 72.1 Å². The van der Waals surface area contributed by atoms with Crippen LogP contribution in [0.5, 0.6) is 0 Å². The van der Waals surface area contributed by atoms with Crippen molar-refractivity contribution in [3.05, 3.63) is 170 Å². The predicted molar refractivity (Wildman–Crippen MR) is 208 cm³/mol. The Bertz CT molecular complexity index is 3110. The smallest absolute Gasteiger partial charge is 0.145 e. The summed E-state index contributed by atoms with van der Waals surface area (Å²) in [5.74, 6) is 0. The highest BCUT2D eigenvalue weighted by Crippen LogP contribution is 2.48. The third-order valence-electron chi connectivity index (χ3n) is 10.2. The van der Waals surface area contributed by atoms with E-state index in [-0.39, 0.29) is 0 Å². The van der Waals surface area contributed by atoms with E-state index in [4.69, 9.17) is 8.83 Å². The molecule has 0 fully saturated rings. The van der Waals surface area contributed by atoms with Crippen molar-refractivity contribution in [1.29, 1.82) is 0 Å². The highest BCUT2D eigenvalue weighted by molar-refractivity contribution is 6.21. The van der Waals surface area contributed by atoms with Crippen molar-refractivity contribution in [3.8, 4) is 5.69 Å². The maximum absolute atomic E-state index is 6.73. The van der Waals surface area contributed by atoms with Gasteiger partial charge in [-0.15, -0.1) is 0 Å². The van der Waals surface area contributed by atoms with Gasteiger partial charge in [0.15, 0.2) is 0 Å². The van der Waals surface area contributed by atoms with Crippen LogP contribution in [0.3, 0.4) is 0 Å². The van der Waals surface area contributed by atoms with E-state index in [2.05, 4.69) is 161 Å². The summed E-state index contributed by atoms with van der Waals surface area (Å²) < 4.78 is 15.4. The monoisotopic (exact) mass is 640 g/mol. The molecule has 234 valence electrons. The van der Waals surface area contributed by atoms with Crippen molar-refractivity contribution in [2.45, 2.75) is 0 Å². The molecule has 0 amide bonds. The summed E-state index contributed by atoms with van der Waals surface area (Å²) in [5, 5.41) is 8.98. The first-order valence-corrected chi connectivity index (χ1v) is 16.9. The number of fused-ring (bicyclic) bond motifs is 11. The van der Waals surface area contributed by atoms with Gasteiger partial charge in [0.2, 0.25) is 0 Å². The second kappa shape index (κ2) is 10.4. The van der Waals surface area contributed by atoms with Gasteiger partial charge in [0, 0.05) is 49.1 Å². The average molecular weight is 641 g/mol. The van der Waals surface area contributed by atoms with Crippen molar-refractivity contribution in [1.82, 2.24) is 4.57 Å². The van der Waals surface area contributed by atoms with Gasteiger partial charge in [-0.25, -0.2) is 0 Å². The van der Waals surface area contributed by atoms with E-state index in [0.717, 1.165) is 88.4 Å².